The third-order valence-electron chi connectivity index (χ3n) is 5.57. The largest absolute Gasteiger partial charge is 0.489 e. The van der Waals surface area contributed by atoms with Gasteiger partial charge in [0.05, 0.1) is 17.5 Å². The van der Waals surface area contributed by atoms with Crippen molar-refractivity contribution in [3.8, 4) is 5.75 Å². The Hall–Kier alpha value is -3.19. The van der Waals surface area contributed by atoms with Crippen LogP contribution in [0, 0.1) is 5.92 Å². The lowest BCUT2D eigenvalue weighted by molar-refractivity contribution is -0.122. The highest BCUT2D eigenvalue weighted by atomic mass is 16.5. The van der Waals surface area contributed by atoms with Gasteiger partial charge in [-0.3, -0.25) is 19.3 Å². The lowest BCUT2D eigenvalue weighted by Gasteiger charge is -2.23. The number of rotatable bonds is 6. The maximum atomic E-state index is 12.9. The molecule has 2 aliphatic heterocycles. The SMILES string of the molecule is C[C@@H]1CC(=O)N(c2cccc(C(=O)Nc3ccccc3OC[C@H]3CCCCO3)c2)C1=O. The summed E-state index contributed by atoms with van der Waals surface area (Å²) in [5.74, 6) is -0.619. The highest BCUT2D eigenvalue weighted by Crippen LogP contribution is 2.28. The Morgan fingerprint density at radius 2 is 2.00 bits per heavy atom. The van der Waals surface area contributed by atoms with E-state index in [1.54, 1.807) is 43.3 Å². The zero-order valence-electron chi connectivity index (χ0n) is 17.5. The topological polar surface area (TPSA) is 84.9 Å². The standard InChI is InChI=1S/C24H26N2O5/c1-16-13-22(27)26(24(16)29)18-8-6-7-17(14-18)23(28)25-20-10-2-3-11-21(20)31-15-19-9-4-5-12-30-19/h2-3,6-8,10-11,14,16,19H,4-5,9,12-13,15H2,1H3,(H,25,28)/t16-,19-/m1/s1. The first-order valence-electron chi connectivity index (χ1n) is 10.6. The van der Waals surface area contributed by atoms with Crippen molar-refractivity contribution < 1.29 is 23.9 Å². The lowest BCUT2D eigenvalue weighted by atomic mass is 10.1. The minimum atomic E-state index is -0.348. The van der Waals surface area contributed by atoms with Crippen molar-refractivity contribution in [2.24, 2.45) is 5.92 Å². The summed E-state index contributed by atoms with van der Waals surface area (Å²) in [6.07, 6.45) is 3.42. The third kappa shape index (κ3) is 4.77. The van der Waals surface area contributed by atoms with Crippen LogP contribution in [-0.4, -0.2) is 37.0 Å². The maximum Gasteiger partial charge on any atom is 0.255 e. The van der Waals surface area contributed by atoms with Crippen LogP contribution in [0.5, 0.6) is 5.75 Å². The molecule has 7 heteroatoms. The predicted octanol–water partition coefficient (Wildman–Crippen LogP) is 3.79. The molecule has 0 bridgehead atoms. The zero-order chi connectivity index (χ0) is 21.8. The number of nitrogens with zero attached hydrogens (tertiary/aromatic N) is 1. The van der Waals surface area contributed by atoms with E-state index >= 15 is 0 Å². The van der Waals surface area contributed by atoms with Gasteiger partial charge >= 0.3 is 0 Å². The van der Waals surface area contributed by atoms with Crippen LogP contribution in [0.4, 0.5) is 11.4 Å². The highest BCUT2D eigenvalue weighted by molar-refractivity contribution is 6.21. The van der Waals surface area contributed by atoms with Gasteiger partial charge in [-0.25, -0.2) is 0 Å². The Kier molecular flexibility index (Phi) is 6.32. The Balaban J connectivity index is 1.46. The molecule has 0 unspecified atom stereocenters. The fraction of sp³-hybridized carbons (Fsp3) is 0.375. The van der Waals surface area contributed by atoms with Gasteiger partial charge in [-0.1, -0.05) is 25.1 Å². The van der Waals surface area contributed by atoms with Gasteiger partial charge in [-0.05, 0) is 49.6 Å². The lowest BCUT2D eigenvalue weighted by Crippen LogP contribution is -2.30. The number of imide groups is 1. The Labute approximate surface area is 181 Å². The van der Waals surface area contributed by atoms with E-state index in [2.05, 4.69) is 5.32 Å². The van der Waals surface area contributed by atoms with Crippen molar-refractivity contribution >= 4 is 29.1 Å². The van der Waals surface area contributed by atoms with Crippen LogP contribution in [0.25, 0.3) is 0 Å². The van der Waals surface area contributed by atoms with Gasteiger partial charge in [0.25, 0.3) is 5.91 Å². The number of carbonyl (C=O) groups excluding carboxylic acids is 3. The molecule has 2 atom stereocenters. The van der Waals surface area contributed by atoms with Crippen molar-refractivity contribution in [1.82, 2.24) is 0 Å². The number of hydrogen-bond acceptors (Lipinski definition) is 5. The Morgan fingerprint density at radius 3 is 2.74 bits per heavy atom. The second-order valence-electron chi connectivity index (χ2n) is 7.97. The van der Waals surface area contributed by atoms with Gasteiger partial charge in [-0.15, -0.1) is 0 Å². The number of ether oxygens (including phenoxy) is 2. The number of amides is 3. The first-order chi connectivity index (χ1) is 15.0. The molecule has 2 aromatic rings. The first kappa shape index (κ1) is 21.1. The van der Waals surface area contributed by atoms with Crippen molar-refractivity contribution in [2.45, 2.75) is 38.7 Å². The minimum absolute atomic E-state index is 0.0621. The molecule has 2 saturated heterocycles. The number of anilines is 2. The average Bonchev–Trinajstić information content (AvgIpc) is 3.05. The van der Waals surface area contributed by atoms with E-state index in [4.69, 9.17) is 9.47 Å². The molecule has 0 spiro atoms. The second kappa shape index (κ2) is 9.31. The molecular weight excluding hydrogens is 396 g/mol. The number of nitrogens with one attached hydrogen (secondary N) is 1. The normalized spacial score (nSPS) is 21.3. The molecule has 0 aromatic heterocycles. The number of carbonyl (C=O) groups is 3. The van der Waals surface area contributed by atoms with Crippen molar-refractivity contribution in [3.05, 3.63) is 54.1 Å². The summed E-state index contributed by atoms with van der Waals surface area (Å²) in [4.78, 5) is 38.5. The van der Waals surface area contributed by atoms with Gasteiger partial charge in [-0.2, -0.15) is 0 Å². The molecule has 7 nitrogen and oxygen atoms in total. The summed E-state index contributed by atoms with van der Waals surface area (Å²) in [6.45, 7) is 2.91. The average molecular weight is 422 g/mol. The van der Waals surface area contributed by atoms with E-state index in [-0.39, 0.29) is 36.2 Å². The molecule has 3 amide bonds. The van der Waals surface area contributed by atoms with E-state index < -0.39 is 0 Å². The summed E-state index contributed by atoms with van der Waals surface area (Å²) in [5, 5.41) is 2.87. The zero-order valence-corrected chi connectivity index (χ0v) is 17.5. The van der Waals surface area contributed by atoms with Gasteiger partial charge in [0.2, 0.25) is 11.8 Å². The molecule has 4 rings (SSSR count). The van der Waals surface area contributed by atoms with E-state index in [0.717, 1.165) is 30.8 Å². The maximum absolute atomic E-state index is 12.9. The summed E-state index contributed by atoms with van der Waals surface area (Å²) in [5.41, 5.74) is 1.31. The number of hydrogen-bond donors (Lipinski definition) is 1. The van der Waals surface area contributed by atoms with Crippen molar-refractivity contribution in [1.29, 1.82) is 0 Å². The quantitative estimate of drug-likeness (QED) is 0.716. The van der Waals surface area contributed by atoms with Crippen LogP contribution in [0.1, 0.15) is 43.0 Å². The van der Waals surface area contributed by atoms with E-state index in [9.17, 15) is 14.4 Å². The van der Waals surface area contributed by atoms with Crippen LogP contribution < -0.4 is 15.0 Å². The van der Waals surface area contributed by atoms with Gasteiger partial charge in [0.1, 0.15) is 12.4 Å². The molecule has 2 fully saturated rings. The molecule has 0 saturated carbocycles. The molecule has 0 aliphatic carbocycles. The van der Waals surface area contributed by atoms with E-state index in [0.29, 0.717) is 29.3 Å². The Bertz CT molecular complexity index is 983. The summed E-state index contributed by atoms with van der Waals surface area (Å²) in [7, 11) is 0. The van der Waals surface area contributed by atoms with E-state index in [1.807, 2.05) is 12.1 Å². The van der Waals surface area contributed by atoms with E-state index in [1.165, 1.54) is 0 Å². The predicted molar refractivity (Wildman–Crippen MR) is 116 cm³/mol. The molecule has 162 valence electrons. The fourth-order valence-corrected chi connectivity index (χ4v) is 3.85. The minimum Gasteiger partial charge on any atom is -0.489 e. The van der Waals surface area contributed by atoms with Crippen molar-refractivity contribution in [2.75, 3.05) is 23.4 Å². The fourth-order valence-electron chi connectivity index (χ4n) is 3.85. The summed E-state index contributed by atoms with van der Waals surface area (Å²) in [6, 6.07) is 13.8. The molecule has 31 heavy (non-hydrogen) atoms. The molecule has 2 heterocycles. The number of benzene rings is 2. The van der Waals surface area contributed by atoms with Crippen LogP contribution in [0.2, 0.25) is 0 Å². The summed E-state index contributed by atoms with van der Waals surface area (Å²) >= 11 is 0. The third-order valence-corrected chi connectivity index (χ3v) is 5.57. The van der Waals surface area contributed by atoms with Crippen LogP contribution in [0.15, 0.2) is 48.5 Å². The molecule has 0 radical (unpaired) electrons. The number of para-hydroxylation sites is 2. The Morgan fingerprint density at radius 1 is 1.16 bits per heavy atom. The van der Waals surface area contributed by atoms with Crippen molar-refractivity contribution in [3.63, 3.8) is 0 Å². The molecule has 1 N–H and O–H groups in total. The van der Waals surface area contributed by atoms with Gasteiger partial charge in [0.15, 0.2) is 0 Å². The van der Waals surface area contributed by atoms with Crippen LogP contribution >= 0.6 is 0 Å². The second-order valence-corrected chi connectivity index (χ2v) is 7.97. The monoisotopic (exact) mass is 422 g/mol. The van der Waals surface area contributed by atoms with Gasteiger partial charge in [0, 0.05) is 24.5 Å². The summed E-state index contributed by atoms with van der Waals surface area (Å²) < 4.78 is 11.6. The molecule has 2 aliphatic rings. The smallest absolute Gasteiger partial charge is 0.255 e. The van der Waals surface area contributed by atoms with Gasteiger partial charge < -0.3 is 14.8 Å². The molecular formula is C24H26N2O5. The molecule has 2 aromatic carbocycles. The highest BCUT2D eigenvalue weighted by Gasteiger charge is 2.36. The van der Waals surface area contributed by atoms with Crippen LogP contribution in [0.3, 0.4) is 0 Å². The first-order valence-corrected chi connectivity index (χ1v) is 10.6. The van der Waals surface area contributed by atoms with Crippen LogP contribution in [-0.2, 0) is 14.3 Å².